The van der Waals surface area contributed by atoms with Gasteiger partial charge < -0.3 is 5.11 Å². The molecule has 1 nitrogen and oxygen atoms in total. The minimum Gasteiger partial charge on any atom is -0.388 e. The summed E-state index contributed by atoms with van der Waals surface area (Å²) in [6.07, 6.45) is 12.9. The molecule has 0 amide bonds. The van der Waals surface area contributed by atoms with E-state index in [2.05, 4.69) is 5.92 Å². The second kappa shape index (κ2) is 2.50. The van der Waals surface area contributed by atoms with Crippen LogP contribution in [-0.4, -0.2) is 10.7 Å². The van der Waals surface area contributed by atoms with Crippen LogP contribution in [0.4, 0.5) is 0 Å². The Morgan fingerprint density at radius 2 is 1.83 bits per heavy atom. The van der Waals surface area contributed by atoms with Crippen molar-refractivity contribution in [2.24, 2.45) is 5.41 Å². The first-order valence-corrected chi connectivity index (χ1v) is 4.88. The van der Waals surface area contributed by atoms with Gasteiger partial charge in [-0.25, -0.2) is 0 Å². The van der Waals surface area contributed by atoms with E-state index in [0.29, 0.717) is 6.42 Å². The molecular formula is C11H16O. The van der Waals surface area contributed by atoms with Gasteiger partial charge in [0.15, 0.2) is 0 Å². The molecule has 1 heteroatoms. The molecule has 2 rings (SSSR count). The molecule has 2 aliphatic carbocycles. The van der Waals surface area contributed by atoms with Crippen molar-refractivity contribution in [3.63, 3.8) is 0 Å². The van der Waals surface area contributed by atoms with Gasteiger partial charge in [-0.2, -0.15) is 0 Å². The van der Waals surface area contributed by atoms with Crippen molar-refractivity contribution in [3.8, 4) is 12.3 Å². The molecule has 1 atom stereocenters. The van der Waals surface area contributed by atoms with Crippen molar-refractivity contribution in [2.75, 3.05) is 0 Å². The van der Waals surface area contributed by atoms with Crippen molar-refractivity contribution >= 4 is 0 Å². The van der Waals surface area contributed by atoms with Crippen molar-refractivity contribution in [2.45, 2.75) is 50.5 Å². The largest absolute Gasteiger partial charge is 0.388 e. The van der Waals surface area contributed by atoms with Crippen molar-refractivity contribution in [1.82, 2.24) is 0 Å². The van der Waals surface area contributed by atoms with Gasteiger partial charge in [0.1, 0.15) is 0 Å². The molecule has 2 saturated carbocycles. The first-order valence-electron chi connectivity index (χ1n) is 4.88. The van der Waals surface area contributed by atoms with Gasteiger partial charge in [0.2, 0.25) is 0 Å². The summed E-state index contributed by atoms with van der Waals surface area (Å²) in [7, 11) is 0. The van der Waals surface area contributed by atoms with Gasteiger partial charge in [-0.05, 0) is 25.7 Å². The summed E-state index contributed by atoms with van der Waals surface area (Å²) < 4.78 is 0. The molecule has 0 radical (unpaired) electrons. The fourth-order valence-corrected chi connectivity index (χ4v) is 2.98. The molecule has 0 bridgehead atoms. The zero-order chi connectivity index (χ0) is 8.66. The van der Waals surface area contributed by atoms with Gasteiger partial charge >= 0.3 is 0 Å². The normalized spacial score (nSPS) is 37.7. The SMILES string of the molecule is C#CCC1(O)CCC12CCCC2. The van der Waals surface area contributed by atoms with Crippen LogP contribution in [0.2, 0.25) is 0 Å². The molecule has 0 aromatic heterocycles. The summed E-state index contributed by atoms with van der Waals surface area (Å²) in [5, 5.41) is 10.2. The molecule has 2 aliphatic rings. The average Bonchev–Trinajstić information content (AvgIpc) is 2.53. The Labute approximate surface area is 74.2 Å². The van der Waals surface area contributed by atoms with Gasteiger partial charge in [0, 0.05) is 11.8 Å². The molecule has 0 aliphatic heterocycles. The maximum absolute atomic E-state index is 10.2. The molecule has 0 heterocycles. The monoisotopic (exact) mass is 164 g/mol. The van der Waals surface area contributed by atoms with Crippen LogP contribution in [0, 0.1) is 17.8 Å². The third kappa shape index (κ3) is 0.850. The van der Waals surface area contributed by atoms with Gasteiger partial charge in [0.05, 0.1) is 5.60 Å². The first-order chi connectivity index (χ1) is 5.72. The minimum atomic E-state index is -0.488. The Morgan fingerprint density at radius 3 is 2.25 bits per heavy atom. The highest BCUT2D eigenvalue weighted by Gasteiger charge is 2.58. The highest BCUT2D eigenvalue weighted by Crippen LogP contribution is 2.60. The van der Waals surface area contributed by atoms with E-state index >= 15 is 0 Å². The fraction of sp³-hybridized carbons (Fsp3) is 0.818. The maximum Gasteiger partial charge on any atom is 0.0812 e. The lowest BCUT2D eigenvalue weighted by atomic mass is 9.54. The second-order valence-corrected chi connectivity index (χ2v) is 4.40. The lowest BCUT2D eigenvalue weighted by Crippen LogP contribution is -2.55. The Bertz CT molecular complexity index is 220. The molecular weight excluding hydrogens is 148 g/mol. The Balaban J connectivity index is 2.13. The van der Waals surface area contributed by atoms with E-state index in [1.165, 1.54) is 32.1 Å². The van der Waals surface area contributed by atoms with E-state index in [9.17, 15) is 5.11 Å². The van der Waals surface area contributed by atoms with E-state index in [1.54, 1.807) is 0 Å². The number of hydrogen-bond acceptors (Lipinski definition) is 1. The highest BCUT2D eigenvalue weighted by atomic mass is 16.3. The van der Waals surface area contributed by atoms with E-state index in [-0.39, 0.29) is 5.41 Å². The van der Waals surface area contributed by atoms with Gasteiger partial charge in [-0.3, -0.25) is 0 Å². The first kappa shape index (κ1) is 8.13. The van der Waals surface area contributed by atoms with Gasteiger partial charge in [-0.1, -0.05) is 12.8 Å². The molecule has 66 valence electrons. The van der Waals surface area contributed by atoms with Crippen LogP contribution in [0.15, 0.2) is 0 Å². The number of rotatable bonds is 1. The molecule has 1 spiro atoms. The van der Waals surface area contributed by atoms with Crippen LogP contribution in [0.5, 0.6) is 0 Å². The zero-order valence-corrected chi connectivity index (χ0v) is 7.47. The molecule has 1 N–H and O–H groups in total. The molecule has 0 aromatic carbocycles. The molecule has 0 aromatic rings. The fourth-order valence-electron chi connectivity index (χ4n) is 2.98. The summed E-state index contributed by atoms with van der Waals surface area (Å²) in [5.41, 5.74) is -0.252. The third-order valence-corrected chi connectivity index (χ3v) is 3.96. The summed E-state index contributed by atoms with van der Waals surface area (Å²) in [5.74, 6) is 2.61. The van der Waals surface area contributed by atoms with Crippen molar-refractivity contribution in [1.29, 1.82) is 0 Å². The highest BCUT2D eigenvalue weighted by molar-refractivity contribution is 5.13. The quantitative estimate of drug-likeness (QED) is 0.588. The predicted octanol–water partition coefficient (Wildman–Crippen LogP) is 2.09. The van der Waals surface area contributed by atoms with Gasteiger partial charge in [0.25, 0.3) is 0 Å². The molecule has 2 fully saturated rings. The van der Waals surface area contributed by atoms with E-state index < -0.39 is 5.60 Å². The zero-order valence-electron chi connectivity index (χ0n) is 7.47. The van der Waals surface area contributed by atoms with Crippen LogP contribution in [-0.2, 0) is 0 Å². The second-order valence-electron chi connectivity index (χ2n) is 4.40. The van der Waals surface area contributed by atoms with Crippen LogP contribution >= 0.6 is 0 Å². The Hall–Kier alpha value is -0.480. The van der Waals surface area contributed by atoms with E-state index in [1.807, 2.05) is 0 Å². The standard InChI is InChI=1S/C11H16O/c1-2-5-11(12)9-8-10(11)6-3-4-7-10/h1,12H,3-9H2. The Kier molecular flexibility index (Phi) is 1.70. The third-order valence-electron chi connectivity index (χ3n) is 3.96. The number of hydrogen-bond donors (Lipinski definition) is 1. The van der Waals surface area contributed by atoms with Crippen LogP contribution in [0.3, 0.4) is 0 Å². The Morgan fingerprint density at radius 1 is 1.17 bits per heavy atom. The lowest BCUT2D eigenvalue weighted by Gasteiger charge is -2.54. The predicted molar refractivity (Wildman–Crippen MR) is 48.5 cm³/mol. The van der Waals surface area contributed by atoms with Gasteiger partial charge in [-0.15, -0.1) is 12.3 Å². The summed E-state index contributed by atoms with van der Waals surface area (Å²) in [6.45, 7) is 0. The maximum atomic E-state index is 10.2. The lowest BCUT2D eigenvalue weighted by molar-refractivity contribution is -0.160. The summed E-state index contributed by atoms with van der Waals surface area (Å²) in [4.78, 5) is 0. The van der Waals surface area contributed by atoms with Crippen molar-refractivity contribution < 1.29 is 5.11 Å². The van der Waals surface area contributed by atoms with E-state index in [4.69, 9.17) is 6.42 Å². The topological polar surface area (TPSA) is 20.2 Å². The molecule has 12 heavy (non-hydrogen) atoms. The van der Waals surface area contributed by atoms with Crippen LogP contribution in [0.25, 0.3) is 0 Å². The van der Waals surface area contributed by atoms with E-state index in [0.717, 1.165) is 6.42 Å². The summed E-state index contributed by atoms with van der Waals surface area (Å²) in [6, 6.07) is 0. The molecule has 0 saturated heterocycles. The van der Waals surface area contributed by atoms with Crippen LogP contribution < -0.4 is 0 Å². The van der Waals surface area contributed by atoms with Crippen LogP contribution in [0.1, 0.15) is 44.9 Å². The number of terminal acetylenes is 1. The average molecular weight is 164 g/mol. The summed E-state index contributed by atoms with van der Waals surface area (Å²) >= 11 is 0. The molecule has 1 unspecified atom stereocenters. The smallest absolute Gasteiger partial charge is 0.0812 e. The minimum absolute atomic E-state index is 0.235. The van der Waals surface area contributed by atoms with Crippen molar-refractivity contribution in [3.05, 3.63) is 0 Å². The number of aliphatic hydroxyl groups is 1.